The summed E-state index contributed by atoms with van der Waals surface area (Å²) in [4.78, 5) is 11.0. The molecule has 0 bridgehead atoms. The molecule has 1 saturated heterocycles. The van der Waals surface area contributed by atoms with Crippen molar-refractivity contribution in [3.8, 4) is 11.1 Å². The molecule has 158 valence electrons. The first-order valence-electron chi connectivity index (χ1n) is 10.7. The van der Waals surface area contributed by atoms with Crippen LogP contribution in [0.1, 0.15) is 24.8 Å². The van der Waals surface area contributed by atoms with E-state index < -0.39 is 0 Å². The normalized spacial score (nSPS) is 13.5. The van der Waals surface area contributed by atoms with Gasteiger partial charge in [-0.15, -0.1) is 0 Å². The molecule has 1 aliphatic rings. The Morgan fingerprint density at radius 1 is 0.903 bits per heavy atom. The number of hydrogen-bond acceptors (Lipinski definition) is 5. The van der Waals surface area contributed by atoms with Crippen molar-refractivity contribution in [3.05, 3.63) is 85.6 Å². The van der Waals surface area contributed by atoms with Crippen LogP contribution in [-0.4, -0.2) is 30.1 Å². The Morgan fingerprint density at radius 2 is 1.68 bits per heavy atom. The Bertz CT molecular complexity index is 1070. The predicted octanol–water partition coefficient (Wildman–Crippen LogP) is 5.81. The maximum atomic E-state index is 4.53. The summed E-state index contributed by atoms with van der Waals surface area (Å²) in [5.74, 6) is 0. The minimum absolute atomic E-state index is 0.750. The Kier molecular flexibility index (Phi) is 6.32. The SMILES string of the molecule is C=C(Nc1ccncc1)C(=C)c1cc(-c2cncc(N3CCCCC3)c2)ccc1NC. The van der Waals surface area contributed by atoms with Gasteiger partial charge in [-0.05, 0) is 60.7 Å². The quantitative estimate of drug-likeness (QED) is 0.480. The van der Waals surface area contributed by atoms with E-state index >= 15 is 0 Å². The highest BCUT2D eigenvalue weighted by Crippen LogP contribution is 2.33. The van der Waals surface area contributed by atoms with Gasteiger partial charge in [0.05, 0.1) is 11.9 Å². The molecule has 0 aliphatic carbocycles. The van der Waals surface area contributed by atoms with E-state index in [4.69, 9.17) is 0 Å². The molecule has 5 heteroatoms. The lowest BCUT2D eigenvalue weighted by Gasteiger charge is -2.28. The summed E-state index contributed by atoms with van der Waals surface area (Å²) in [6.45, 7) is 10.7. The van der Waals surface area contributed by atoms with Crippen LogP contribution in [0.4, 0.5) is 17.1 Å². The smallest absolute Gasteiger partial charge is 0.0558 e. The fourth-order valence-corrected chi connectivity index (χ4v) is 3.95. The van der Waals surface area contributed by atoms with E-state index in [9.17, 15) is 0 Å². The van der Waals surface area contributed by atoms with E-state index in [2.05, 4.69) is 62.9 Å². The van der Waals surface area contributed by atoms with Gasteiger partial charge < -0.3 is 15.5 Å². The molecule has 0 radical (unpaired) electrons. The maximum Gasteiger partial charge on any atom is 0.0558 e. The zero-order valence-corrected chi connectivity index (χ0v) is 18.1. The van der Waals surface area contributed by atoms with Crippen LogP contribution in [0, 0.1) is 0 Å². The highest BCUT2D eigenvalue weighted by molar-refractivity contribution is 5.88. The van der Waals surface area contributed by atoms with Gasteiger partial charge in [0, 0.05) is 66.9 Å². The first-order valence-corrected chi connectivity index (χ1v) is 10.7. The summed E-state index contributed by atoms with van der Waals surface area (Å²) in [7, 11) is 1.92. The molecule has 0 spiro atoms. The van der Waals surface area contributed by atoms with Crippen LogP contribution in [0.15, 0.2) is 80.0 Å². The van der Waals surface area contributed by atoms with E-state index in [0.29, 0.717) is 0 Å². The minimum Gasteiger partial charge on any atom is -0.388 e. The lowest BCUT2D eigenvalue weighted by molar-refractivity contribution is 0.577. The second-order valence-electron chi connectivity index (χ2n) is 7.81. The molecule has 0 saturated carbocycles. The number of anilines is 3. The van der Waals surface area contributed by atoms with Crippen molar-refractivity contribution in [2.45, 2.75) is 19.3 Å². The molecule has 1 aromatic carbocycles. The summed E-state index contributed by atoms with van der Waals surface area (Å²) < 4.78 is 0. The Morgan fingerprint density at radius 3 is 2.42 bits per heavy atom. The first kappa shape index (κ1) is 20.7. The second-order valence-corrected chi connectivity index (χ2v) is 7.81. The van der Waals surface area contributed by atoms with E-state index in [1.165, 1.54) is 24.9 Å². The number of nitrogens with one attached hydrogen (secondary N) is 2. The number of benzene rings is 1. The van der Waals surface area contributed by atoms with Crippen LogP contribution in [0.2, 0.25) is 0 Å². The summed E-state index contributed by atoms with van der Waals surface area (Å²) in [6, 6.07) is 12.4. The van der Waals surface area contributed by atoms with Gasteiger partial charge in [-0.25, -0.2) is 0 Å². The molecule has 3 heterocycles. The summed E-state index contributed by atoms with van der Waals surface area (Å²) in [5.41, 5.74) is 7.94. The monoisotopic (exact) mass is 411 g/mol. The standard InChI is InChI=1S/C26H29N5/c1-19(20(2)30-23-9-11-28-12-10-23)25-16-21(7-8-26(25)27-3)22-15-24(18-29-17-22)31-13-5-4-6-14-31/h7-12,15-18,27H,1-2,4-6,13-14H2,3H3,(H,28,30). The second kappa shape index (κ2) is 9.47. The molecule has 0 unspecified atom stereocenters. The van der Waals surface area contributed by atoms with Crippen LogP contribution in [0.3, 0.4) is 0 Å². The van der Waals surface area contributed by atoms with Crippen molar-refractivity contribution < 1.29 is 0 Å². The lowest BCUT2D eigenvalue weighted by atomic mass is 9.97. The van der Waals surface area contributed by atoms with Crippen LogP contribution in [-0.2, 0) is 0 Å². The molecule has 4 rings (SSSR count). The summed E-state index contributed by atoms with van der Waals surface area (Å²) >= 11 is 0. The van der Waals surface area contributed by atoms with Crippen molar-refractivity contribution in [2.24, 2.45) is 0 Å². The molecule has 31 heavy (non-hydrogen) atoms. The molecule has 5 nitrogen and oxygen atoms in total. The number of pyridine rings is 2. The fourth-order valence-electron chi connectivity index (χ4n) is 3.95. The van der Waals surface area contributed by atoms with Crippen LogP contribution in [0.25, 0.3) is 16.7 Å². The number of allylic oxidation sites excluding steroid dienone is 1. The largest absolute Gasteiger partial charge is 0.388 e. The van der Waals surface area contributed by atoms with Gasteiger partial charge in [0.1, 0.15) is 0 Å². The fraction of sp³-hybridized carbons (Fsp3) is 0.231. The minimum atomic E-state index is 0.750. The van der Waals surface area contributed by atoms with E-state index in [1.807, 2.05) is 31.6 Å². The highest BCUT2D eigenvalue weighted by atomic mass is 15.1. The first-order chi connectivity index (χ1) is 15.2. The number of nitrogens with zero attached hydrogens (tertiary/aromatic N) is 3. The van der Waals surface area contributed by atoms with Crippen molar-refractivity contribution in [1.82, 2.24) is 9.97 Å². The molecular weight excluding hydrogens is 382 g/mol. The summed E-state index contributed by atoms with van der Waals surface area (Å²) in [6.07, 6.45) is 11.2. The molecule has 3 aromatic rings. The van der Waals surface area contributed by atoms with Crippen molar-refractivity contribution >= 4 is 22.6 Å². The zero-order valence-electron chi connectivity index (χ0n) is 18.1. The predicted molar refractivity (Wildman–Crippen MR) is 131 cm³/mol. The number of aromatic nitrogens is 2. The topological polar surface area (TPSA) is 53.1 Å². The Balaban J connectivity index is 1.61. The highest BCUT2D eigenvalue weighted by Gasteiger charge is 2.14. The molecule has 2 aromatic heterocycles. The van der Waals surface area contributed by atoms with Gasteiger partial charge in [-0.2, -0.15) is 0 Å². The molecule has 2 N–H and O–H groups in total. The lowest BCUT2D eigenvalue weighted by Crippen LogP contribution is -2.29. The number of piperidine rings is 1. The van der Waals surface area contributed by atoms with Crippen LogP contribution >= 0.6 is 0 Å². The third-order valence-corrected chi connectivity index (χ3v) is 5.73. The molecule has 0 atom stereocenters. The molecular formula is C26H29N5. The van der Waals surface area contributed by atoms with Gasteiger partial charge in [-0.3, -0.25) is 9.97 Å². The third-order valence-electron chi connectivity index (χ3n) is 5.73. The Labute approximate surface area is 184 Å². The van der Waals surface area contributed by atoms with Crippen LogP contribution in [0.5, 0.6) is 0 Å². The average molecular weight is 412 g/mol. The molecule has 0 amide bonds. The van der Waals surface area contributed by atoms with E-state index in [0.717, 1.165) is 52.4 Å². The summed E-state index contributed by atoms with van der Waals surface area (Å²) in [5, 5.41) is 6.60. The van der Waals surface area contributed by atoms with Gasteiger partial charge in [0.2, 0.25) is 0 Å². The molecule has 1 aliphatic heterocycles. The van der Waals surface area contributed by atoms with Crippen LogP contribution < -0.4 is 15.5 Å². The third kappa shape index (κ3) is 4.77. The average Bonchev–Trinajstić information content (AvgIpc) is 2.84. The van der Waals surface area contributed by atoms with Gasteiger partial charge >= 0.3 is 0 Å². The van der Waals surface area contributed by atoms with Crippen molar-refractivity contribution in [2.75, 3.05) is 35.7 Å². The van der Waals surface area contributed by atoms with Gasteiger partial charge in [-0.1, -0.05) is 19.2 Å². The van der Waals surface area contributed by atoms with E-state index in [-0.39, 0.29) is 0 Å². The Hall–Kier alpha value is -3.60. The number of hydrogen-bond donors (Lipinski definition) is 2. The van der Waals surface area contributed by atoms with Crippen molar-refractivity contribution in [1.29, 1.82) is 0 Å². The van der Waals surface area contributed by atoms with E-state index in [1.54, 1.807) is 12.4 Å². The zero-order chi connectivity index (χ0) is 21.6. The van der Waals surface area contributed by atoms with Crippen molar-refractivity contribution in [3.63, 3.8) is 0 Å². The molecule has 1 fully saturated rings. The van der Waals surface area contributed by atoms with Gasteiger partial charge in [0.25, 0.3) is 0 Å². The number of rotatable bonds is 7. The van der Waals surface area contributed by atoms with Gasteiger partial charge in [0.15, 0.2) is 0 Å². The maximum absolute atomic E-state index is 4.53.